The molecule has 1 rings (SSSR count). The highest BCUT2D eigenvalue weighted by atomic mass is 32.2. The molecular formula is C11H18N4O3S. The Balaban J connectivity index is 2.25. The molecule has 0 aliphatic heterocycles. The fourth-order valence-electron chi connectivity index (χ4n) is 1.46. The van der Waals surface area contributed by atoms with Gasteiger partial charge < -0.3 is 20.3 Å². The highest BCUT2D eigenvalue weighted by molar-refractivity contribution is 7.98. The Morgan fingerprint density at radius 2 is 2.32 bits per heavy atom. The Bertz CT molecular complexity index is 435. The number of carbonyl (C=O) groups excluding carboxylic acids is 1. The van der Waals surface area contributed by atoms with Crippen LogP contribution >= 0.6 is 11.8 Å². The summed E-state index contributed by atoms with van der Waals surface area (Å²) in [5.74, 6) is -0.202. The van der Waals surface area contributed by atoms with Gasteiger partial charge in [-0.25, -0.2) is 14.6 Å². The molecule has 7 nitrogen and oxygen atoms in total. The molecule has 0 bridgehead atoms. The SMILES string of the molecule is CSCC(C)NC(=O)NCCn1cnc(C(=O)O)c1. The predicted octanol–water partition coefficient (Wildman–Crippen LogP) is 0.632. The summed E-state index contributed by atoms with van der Waals surface area (Å²) in [7, 11) is 0. The fraction of sp³-hybridized carbons (Fsp3) is 0.545. The lowest BCUT2D eigenvalue weighted by molar-refractivity contribution is 0.0691. The Labute approximate surface area is 115 Å². The van der Waals surface area contributed by atoms with Crippen LogP contribution in [0.1, 0.15) is 17.4 Å². The molecule has 106 valence electrons. The second kappa shape index (κ2) is 7.67. The van der Waals surface area contributed by atoms with Gasteiger partial charge in [-0.05, 0) is 13.2 Å². The molecule has 1 aromatic heterocycles. The van der Waals surface area contributed by atoms with Gasteiger partial charge in [0.15, 0.2) is 5.69 Å². The number of imidazole rings is 1. The number of carboxylic acids is 1. The van der Waals surface area contributed by atoms with Gasteiger partial charge in [-0.3, -0.25) is 0 Å². The third kappa shape index (κ3) is 5.64. The van der Waals surface area contributed by atoms with Gasteiger partial charge in [0.05, 0.1) is 6.33 Å². The maximum absolute atomic E-state index is 11.5. The van der Waals surface area contributed by atoms with Crippen molar-refractivity contribution in [2.45, 2.75) is 19.5 Å². The van der Waals surface area contributed by atoms with Crippen LogP contribution in [0.4, 0.5) is 4.79 Å². The zero-order valence-corrected chi connectivity index (χ0v) is 11.7. The highest BCUT2D eigenvalue weighted by Crippen LogP contribution is 1.96. The monoisotopic (exact) mass is 286 g/mol. The molecule has 0 saturated heterocycles. The maximum Gasteiger partial charge on any atom is 0.356 e. The largest absolute Gasteiger partial charge is 0.476 e. The van der Waals surface area contributed by atoms with Gasteiger partial charge in [-0.2, -0.15) is 11.8 Å². The minimum Gasteiger partial charge on any atom is -0.476 e. The number of carboxylic acid groups (broad SMARTS) is 1. The molecule has 0 aromatic carbocycles. The van der Waals surface area contributed by atoms with Crippen LogP contribution in [0.5, 0.6) is 0 Å². The zero-order chi connectivity index (χ0) is 14.3. The number of amides is 2. The third-order valence-electron chi connectivity index (χ3n) is 2.30. The summed E-state index contributed by atoms with van der Waals surface area (Å²) in [6.07, 6.45) is 4.84. The lowest BCUT2D eigenvalue weighted by Gasteiger charge is -2.13. The first kappa shape index (κ1) is 15.4. The van der Waals surface area contributed by atoms with Crippen LogP contribution in [0.3, 0.4) is 0 Å². The Hall–Kier alpha value is -1.70. The van der Waals surface area contributed by atoms with Crippen molar-refractivity contribution >= 4 is 23.8 Å². The summed E-state index contributed by atoms with van der Waals surface area (Å²) in [6, 6.07) is -0.109. The topological polar surface area (TPSA) is 96.3 Å². The van der Waals surface area contributed by atoms with E-state index in [2.05, 4.69) is 15.6 Å². The van der Waals surface area contributed by atoms with E-state index in [0.29, 0.717) is 13.1 Å². The molecule has 0 saturated carbocycles. The number of carbonyl (C=O) groups is 2. The van der Waals surface area contributed by atoms with E-state index in [1.165, 1.54) is 12.5 Å². The molecule has 1 atom stereocenters. The minimum absolute atomic E-state index is 0.00181. The first-order chi connectivity index (χ1) is 9.02. The van der Waals surface area contributed by atoms with Gasteiger partial charge in [0, 0.05) is 31.1 Å². The number of nitrogens with one attached hydrogen (secondary N) is 2. The molecule has 0 aliphatic carbocycles. The van der Waals surface area contributed by atoms with Crippen LogP contribution in [-0.2, 0) is 6.54 Å². The van der Waals surface area contributed by atoms with Crippen molar-refractivity contribution in [3.63, 3.8) is 0 Å². The Kier molecular flexibility index (Phi) is 6.20. The van der Waals surface area contributed by atoms with E-state index in [1.54, 1.807) is 16.3 Å². The number of aromatic carboxylic acids is 1. The number of rotatable bonds is 7. The zero-order valence-electron chi connectivity index (χ0n) is 10.9. The van der Waals surface area contributed by atoms with Gasteiger partial charge in [0.25, 0.3) is 0 Å². The molecule has 19 heavy (non-hydrogen) atoms. The first-order valence-electron chi connectivity index (χ1n) is 5.81. The minimum atomic E-state index is -1.06. The first-order valence-corrected chi connectivity index (χ1v) is 7.20. The lowest BCUT2D eigenvalue weighted by Crippen LogP contribution is -2.42. The van der Waals surface area contributed by atoms with Crippen LogP contribution in [0, 0.1) is 0 Å². The van der Waals surface area contributed by atoms with Crippen LogP contribution in [0.2, 0.25) is 0 Å². The molecular weight excluding hydrogens is 268 g/mol. The number of hydrogen-bond donors (Lipinski definition) is 3. The molecule has 0 spiro atoms. The average Bonchev–Trinajstić information content (AvgIpc) is 2.78. The van der Waals surface area contributed by atoms with E-state index < -0.39 is 5.97 Å². The van der Waals surface area contributed by atoms with Gasteiger partial charge in [-0.1, -0.05) is 0 Å². The molecule has 1 aromatic rings. The average molecular weight is 286 g/mol. The maximum atomic E-state index is 11.5. The summed E-state index contributed by atoms with van der Waals surface area (Å²) >= 11 is 1.67. The fourth-order valence-corrected chi connectivity index (χ4v) is 2.04. The van der Waals surface area contributed by atoms with Crippen molar-refractivity contribution in [3.8, 4) is 0 Å². The number of aromatic nitrogens is 2. The van der Waals surface area contributed by atoms with Crippen molar-refractivity contribution in [2.24, 2.45) is 0 Å². The molecule has 0 aliphatic rings. The second-order valence-electron chi connectivity index (χ2n) is 4.06. The number of hydrogen-bond acceptors (Lipinski definition) is 4. The summed E-state index contributed by atoms with van der Waals surface area (Å²) in [5, 5.41) is 14.2. The smallest absolute Gasteiger partial charge is 0.356 e. The molecule has 1 unspecified atom stereocenters. The highest BCUT2D eigenvalue weighted by Gasteiger charge is 2.07. The third-order valence-corrected chi connectivity index (χ3v) is 3.14. The molecule has 1 heterocycles. The quantitative estimate of drug-likeness (QED) is 0.683. The van der Waals surface area contributed by atoms with Gasteiger partial charge in [0.1, 0.15) is 0 Å². The van der Waals surface area contributed by atoms with Crippen LogP contribution in [0.15, 0.2) is 12.5 Å². The van der Waals surface area contributed by atoms with E-state index in [9.17, 15) is 9.59 Å². The van der Waals surface area contributed by atoms with E-state index in [-0.39, 0.29) is 17.8 Å². The van der Waals surface area contributed by atoms with Crippen molar-refractivity contribution in [2.75, 3.05) is 18.6 Å². The summed E-state index contributed by atoms with van der Waals surface area (Å²) in [5.41, 5.74) is -0.00181. The van der Waals surface area contributed by atoms with Crippen LogP contribution < -0.4 is 10.6 Å². The molecule has 3 N–H and O–H groups in total. The number of nitrogens with zero attached hydrogens (tertiary/aromatic N) is 2. The van der Waals surface area contributed by atoms with Gasteiger partial charge >= 0.3 is 12.0 Å². The molecule has 0 fully saturated rings. The van der Waals surface area contributed by atoms with Gasteiger partial charge in [0.2, 0.25) is 0 Å². The molecule has 8 heteroatoms. The summed E-state index contributed by atoms with van der Waals surface area (Å²) < 4.78 is 1.62. The van der Waals surface area contributed by atoms with Crippen molar-refractivity contribution < 1.29 is 14.7 Å². The standard InChI is InChI=1S/C11H18N4O3S/c1-8(6-19-2)14-11(18)12-3-4-15-5-9(10(16)17)13-7-15/h5,7-8H,3-4,6H2,1-2H3,(H,16,17)(H2,12,14,18). The Morgan fingerprint density at radius 1 is 1.58 bits per heavy atom. The lowest BCUT2D eigenvalue weighted by atomic mass is 10.4. The van der Waals surface area contributed by atoms with E-state index in [0.717, 1.165) is 5.75 Å². The van der Waals surface area contributed by atoms with Crippen molar-refractivity contribution in [1.82, 2.24) is 20.2 Å². The van der Waals surface area contributed by atoms with E-state index in [1.807, 2.05) is 13.2 Å². The number of urea groups is 1. The summed E-state index contributed by atoms with van der Waals surface area (Å²) in [6.45, 7) is 2.82. The summed E-state index contributed by atoms with van der Waals surface area (Å²) in [4.78, 5) is 25.8. The molecule has 0 radical (unpaired) electrons. The van der Waals surface area contributed by atoms with Crippen molar-refractivity contribution in [3.05, 3.63) is 18.2 Å². The van der Waals surface area contributed by atoms with E-state index in [4.69, 9.17) is 5.11 Å². The number of thioether (sulfide) groups is 1. The molecule has 2 amide bonds. The Morgan fingerprint density at radius 3 is 2.89 bits per heavy atom. The predicted molar refractivity (Wildman–Crippen MR) is 73.6 cm³/mol. The van der Waals surface area contributed by atoms with Crippen LogP contribution in [0.25, 0.3) is 0 Å². The second-order valence-corrected chi connectivity index (χ2v) is 4.97. The van der Waals surface area contributed by atoms with E-state index >= 15 is 0 Å². The van der Waals surface area contributed by atoms with Gasteiger partial charge in [-0.15, -0.1) is 0 Å². The van der Waals surface area contributed by atoms with Crippen LogP contribution in [-0.4, -0.2) is 51.3 Å². The normalized spacial score (nSPS) is 11.9. The van der Waals surface area contributed by atoms with Crippen molar-refractivity contribution in [1.29, 1.82) is 0 Å².